The number of hydrogen-bond acceptors (Lipinski definition) is 5. The summed E-state index contributed by atoms with van der Waals surface area (Å²) in [5.74, 6) is -1.47. The fourth-order valence-corrected chi connectivity index (χ4v) is 4.52. The number of anilines is 1. The highest BCUT2D eigenvalue weighted by molar-refractivity contribution is 6.35. The number of likely N-dealkylation sites (N-methyl/N-ethyl adjacent to an activating group) is 1. The fourth-order valence-electron chi connectivity index (χ4n) is 4.52. The normalized spacial score (nSPS) is 16.1. The van der Waals surface area contributed by atoms with E-state index in [2.05, 4.69) is 29.0 Å². The largest absolute Gasteiger partial charge is 0.444 e. The monoisotopic (exact) mass is 496 g/mol. The van der Waals surface area contributed by atoms with Crippen LogP contribution in [0.5, 0.6) is 0 Å². The maximum absolute atomic E-state index is 14.1. The molecule has 36 heavy (non-hydrogen) atoms. The molecule has 2 amide bonds. The van der Waals surface area contributed by atoms with Gasteiger partial charge in [0.2, 0.25) is 0 Å². The van der Waals surface area contributed by atoms with Crippen LogP contribution in [0.1, 0.15) is 59.6 Å². The first-order valence-electron chi connectivity index (χ1n) is 12.4. The molecule has 0 unspecified atom stereocenters. The van der Waals surface area contributed by atoms with Crippen molar-refractivity contribution in [3.05, 3.63) is 52.1 Å². The van der Waals surface area contributed by atoms with Crippen molar-refractivity contribution in [1.29, 1.82) is 0 Å². The van der Waals surface area contributed by atoms with Crippen molar-refractivity contribution < 1.29 is 23.5 Å². The van der Waals surface area contributed by atoms with Gasteiger partial charge in [-0.1, -0.05) is 13.8 Å². The molecule has 2 N–H and O–H groups in total. The Labute approximate surface area is 210 Å². The summed E-state index contributed by atoms with van der Waals surface area (Å²) in [6, 6.07) is 4.08. The number of ether oxygens (including phenoxy) is 1. The highest BCUT2D eigenvalue weighted by Crippen LogP contribution is 2.39. The first-order chi connectivity index (χ1) is 17.2. The smallest absolute Gasteiger partial charge is 0.310 e. The SMILES string of the molecule is CCN(CC)CCNC(=O)c1c(C)[nH]c(/C=C2\C(=O)N(COC(=O)C3CC3)c3ccc(F)cc32)c1C. The summed E-state index contributed by atoms with van der Waals surface area (Å²) in [4.78, 5) is 45.0. The molecule has 1 aliphatic carbocycles. The summed E-state index contributed by atoms with van der Waals surface area (Å²) in [6.07, 6.45) is 3.24. The van der Waals surface area contributed by atoms with Gasteiger partial charge in [0.05, 0.1) is 22.7 Å². The molecule has 0 spiro atoms. The van der Waals surface area contributed by atoms with E-state index in [1.165, 1.54) is 23.1 Å². The van der Waals surface area contributed by atoms with E-state index in [-0.39, 0.29) is 30.1 Å². The number of carbonyl (C=O) groups is 3. The maximum Gasteiger partial charge on any atom is 0.310 e. The molecule has 0 saturated heterocycles. The lowest BCUT2D eigenvalue weighted by Gasteiger charge is -2.18. The van der Waals surface area contributed by atoms with Gasteiger partial charge in [0, 0.05) is 30.0 Å². The summed E-state index contributed by atoms with van der Waals surface area (Å²) in [5, 5.41) is 2.97. The summed E-state index contributed by atoms with van der Waals surface area (Å²) in [6.45, 7) is 10.7. The fraction of sp³-hybridized carbons (Fsp3) is 0.444. The number of nitrogens with zero attached hydrogens (tertiary/aromatic N) is 2. The number of aryl methyl sites for hydroxylation is 1. The van der Waals surface area contributed by atoms with Crippen LogP contribution in [0.4, 0.5) is 10.1 Å². The van der Waals surface area contributed by atoms with E-state index < -0.39 is 11.7 Å². The van der Waals surface area contributed by atoms with Crippen LogP contribution in [0.2, 0.25) is 0 Å². The average Bonchev–Trinajstić information content (AvgIpc) is 3.62. The number of rotatable bonds is 10. The predicted molar refractivity (Wildman–Crippen MR) is 136 cm³/mol. The zero-order valence-corrected chi connectivity index (χ0v) is 21.2. The molecule has 4 rings (SSSR count). The van der Waals surface area contributed by atoms with Crippen molar-refractivity contribution >= 4 is 35.1 Å². The van der Waals surface area contributed by atoms with E-state index in [1.807, 2.05) is 13.8 Å². The number of benzene rings is 1. The topological polar surface area (TPSA) is 94.7 Å². The number of nitrogens with one attached hydrogen (secondary N) is 2. The van der Waals surface area contributed by atoms with E-state index in [0.29, 0.717) is 40.3 Å². The van der Waals surface area contributed by atoms with Gasteiger partial charge in [-0.25, -0.2) is 4.39 Å². The highest BCUT2D eigenvalue weighted by Gasteiger charge is 2.36. The standard InChI is InChI=1S/C27H33FN4O4/c1-5-31(6-2)12-11-29-25(33)24-16(3)22(30-17(24)4)14-21-20-13-19(28)9-10-23(20)32(26(21)34)15-36-27(35)18-7-8-18/h9-10,13-14,18,30H,5-8,11-12,15H2,1-4H3,(H,29,33)/b21-14-. The van der Waals surface area contributed by atoms with Crippen LogP contribution in [0, 0.1) is 25.6 Å². The number of H-pyrrole nitrogens is 1. The molecule has 1 aromatic heterocycles. The molecule has 0 bridgehead atoms. The number of esters is 1. The van der Waals surface area contributed by atoms with Crippen molar-refractivity contribution in [2.75, 3.05) is 37.8 Å². The number of halogens is 1. The van der Waals surface area contributed by atoms with Gasteiger partial charge < -0.3 is 19.9 Å². The van der Waals surface area contributed by atoms with Crippen LogP contribution in [0.25, 0.3) is 11.6 Å². The van der Waals surface area contributed by atoms with Crippen molar-refractivity contribution in [3.8, 4) is 0 Å². The minimum absolute atomic E-state index is 0.0912. The number of amides is 2. The summed E-state index contributed by atoms with van der Waals surface area (Å²) < 4.78 is 19.5. The van der Waals surface area contributed by atoms with Crippen LogP contribution >= 0.6 is 0 Å². The van der Waals surface area contributed by atoms with Gasteiger partial charge in [-0.2, -0.15) is 0 Å². The van der Waals surface area contributed by atoms with Crippen molar-refractivity contribution in [2.45, 2.75) is 40.5 Å². The van der Waals surface area contributed by atoms with E-state index in [0.717, 1.165) is 32.5 Å². The summed E-state index contributed by atoms with van der Waals surface area (Å²) >= 11 is 0. The van der Waals surface area contributed by atoms with E-state index >= 15 is 0 Å². The molecular formula is C27H33FN4O4. The minimum atomic E-state index is -0.475. The van der Waals surface area contributed by atoms with Crippen molar-refractivity contribution in [1.82, 2.24) is 15.2 Å². The van der Waals surface area contributed by atoms with Crippen LogP contribution in [0.15, 0.2) is 18.2 Å². The van der Waals surface area contributed by atoms with Crippen molar-refractivity contribution in [3.63, 3.8) is 0 Å². The molecule has 1 aliphatic heterocycles. The number of hydrogen-bond donors (Lipinski definition) is 2. The Kier molecular flexibility index (Phi) is 7.59. The molecule has 1 aromatic carbocycles. The quantitative estimate of drug-likeness (QED) is 0.387. The second-order valence-electron chi connectivity index (χ2n) is 9.27. The van der Waals surface area contributed by atoms with E-state index in [1.54, 1.807) is 6.08 Å². The third-order valence-corrected chi connectivity index (χ3v) is 6.86. The first-order valence-corrected chi connectivity index (χ1v) is 12.4. The third-order valence-electron chi connectivity index (χ3n) is 6.86. The van der Waals surface area contributed by atoms with Crippen LogP contribution in [-0.2, 0) is 14.3 Å². The lowest BCUT2D eigenvalue weighted by molar-refractivity contribution is -0.145. The average molecular weight is 497 g/mol. The number of aromatic amines is 1. The first kappa shape index (κ1) is 25.6. The van der Waals surface area contributed by atoms with Gasteiger partial charge in [0.15, 0.2) is 6.73 Å². The Balaban J connectivity index is 1.57. The molecule has 0 radical (unpaired) electrons. The maximum atomic E-state index is 14.1. The molecule has 2 heterocycles. The Morgan fingerprint density at radius 1 is 1.25 bits per heavy atom. The zero-order chi connectivity index (χ0) is 26.0. The highest BCUT2D eigenvalue weighted by atomic mass is 19.1. The third kappa shape index (κ3) is 5.21. The lowest BCUT2D eigenvalue weighted by atomic mass is 10.0. The second kappa shape index (κ2) is 10.7. The van der Waals surface area contributed by atoms with E-state index in [4.69, 9.17) is 4.74 Å². The van der Waals surface area contributed by atoms with Crippen LogP contribution < -0.4 is 10.2 Å². The zero-order valence-electron chi connectivity index (χ0n) is 21.2. The van der Waals surface area contributed by atoms with Gasteiger partial charge in [-0.3, -0.25) is 19.3 Å². The van der Waals surface area contributed by atoms with E-state index in [9.17, 15) is 18.8 Å². The molecule has 9 heteroatoms. The Hall–Kier alpha value is -3.46. The molecule has 0 atom stereocenters. The van der Waals surface area contributed by atoms with Gasteiger partial charge >= 0.3 is 5.97 Å². The van der Waals surface area contributed by atoms with Gasteiger partial charge in [0.25, 0.3) is 11.8 Å². The van der Waals surface area contributed by atoms with Gasteiger partial charge in [0.1, 0.15) is 5.82 Å². The van der Waals surface area contributed by atoms with Crippen LogP contribution in [0.3, 0.4) is 0 Å². The second-order valence-corrected chi connectivity index (χ2v) is 9.27. The number of aromatic nitrogens is 1. The van der Waals surface area contributed by atoms with Gasteiger partial charge in [-0.15, -0.1) is 0 Å². The molecule has 2 aromatic rings. The molecular weight excluding hydrogens is 463 g/mol. The summed E-state index contributed by atoms with van der Waals surface area (Å²) in [5.41, 5.74) is 3.67. The number of fused-ring (bicyclic) bond motifs is 1. The number of carbonyl (C=O) groups excluding carboxylic acids is 3. The van der Waals surface area contributed by atoms with Crippen LogP contribution in [-0.4, -0.2) is 60.6 Å². The Bertz CT molecular complexity index is 1210. The Morgan fingerprint density at radius 2 is 1.97 bits per heavy atom. The predicted octanol–water partition coefficient (Wildman–Crippen LogP) is 3.64. The molecule has 1 fully saturated rings. The summed E-state index contributed by atoms with van der Waals surface area (Å²) in [7, 11) is 0. The molecule has 192 valence electrons. The molecule has 1 saturated carbocycles. The Morgan fingerprint density at radius 3 is 2.64 bits per heavy atom. The lowest BCUT2D eigenvalue weighted by Crippen LogP contribution is -2.35. The molecule has 8 nitrogen and oxygen atoms in total. The van der Waals surface area contributed by atoms with Gasteiger partial charge in [-0.05, 0) is 69.6 Å². The minimum Gasteiger partial charge on any atom is -0.444 e. The van der Waals surface area contributed by atoms with Crippen molar-refractivity contribution in [2.24, 2.45) is 5.92 Å². The molecule has 2 aliphatic rings.